The van der Waals surface area contributed by atoms with Crippen molar-refractivity contribution in [3.05, 3.63) is 0 Å². The van der Waals surface area contributed by atoms with E-state index in [4.69, 9.17) is 42.0 Å². The molecule has 2 aliphatic rings. The summed E-state index contributed by atoms with van der Waals surface area (Å²) in [6.07, 6.45) is -2.76. The molecule has 0 radical (unpaired) electrons. The van der Waals surface area contributed by atoms with Crippen LogP contribution in [0, 0.1) is 11.8 Å². The first-order valence-electron chi connectivity index (χ1n) is 15.1. The molecule has 0 spiro atoms. The lowest BCUT2D eigenvalue weighted by atomic mass is 9.91. The predicted octanol–water partition coefficient (Wildman–Crippen LogP) is 5.83. The molecule has 0 aromatic rings. The first kappa shape index (κ1) is 37.3. The highest BCUT2D eigenvalue weighted by atomic mass is 28.4. The van der Waals surface area contributed by atoms with Crippen molar-refractivity contribution in [2.24, 2.45) is 11.8 Å². The Morgan fingerprint density at radius 2 is 1.00 bits per heavy atom. The second kappa shape index (κ2) is 14.4. The Morgan fingerprint density at radius 3 is 1.44 bits per heavy atom. The van der Waals surface area contributed by atoms with Gasteiger partial charge in [0.15, 0.2) is 29.2 Å². The summed E-state index contributed by atoms with van der Waals surface area (Å²) in [4.78, 5) is 0. The molecule has 244 valence electrons. The highest BCUT2D eigenvalue weighted by molar-refractivity contribution is 6.74. The molecule has 0 aromatic carbocycles. The fraction of sp³-hybridized carbons (Fsp3) is 1.00. The van der Waals surface area contributed by atoms with Gasteiger partial charge in [0.2, 0.25) is 0 Å². The minimum Gasteiger partial charge on any atom is -0.411 e. The van der Waals surface area contributed by atoms with Crippen LogP contribution in [-0.4, -0.2) is 107 Å². The Hall–Kier alpha value is 0.0738. The first-order chi connectivity index (χ1) is 18.8. The molecule has 0 aromatic heterocycles. The van der Waals surface area contributed by atoms with Crippen LogP contribution < -0.4 is 0 Å². The van der Waals surface area contributed by atoms with E-state index in [1.807, 2.05) is 0 Å². The molecule has 0 N–H and O–H groups in total. The maximum Gasteiger partial charge on any atom is 0.192 e. The van der Waals surface area contributed by atoms with Gasteiger partial charge < -0.3 is 42.0 Å². The van der Waals surface area contributed by atoms with Crippen molar-refractivity contribution in [3.8, 4) is 0 Å². The van der Waals surface area contributed by atoms with E-state index in [9.17, 15) is 0 Å². The summed E-state index contributed by atoms with van der Waals surface area (Å²) in [5.74, 6) is -0.116. The van der Waals surface area contributed by atoms with E-state index in [1.54, 1.807) is 28.4 Å². The van der Waals surface area contributed by atoms with Crippen molar-refractivity contribution in [2.45, 2.75) is 141 Å². The van der Waals surface area contributed by atoms with Crippen molar-refractivity contribution < 1.29 is 42.0 Å². The van der Waals surface area contributed by atoms with Gasteiger partial charge in [-0.15, -0.1) is 0 Å². The third-order valence-corrected chi connectivity index (χ3v) is 18.8. The third-order valence-electron chi connectivity index (χ3n) is 9.90. The lowest BCUT2D eigenvalue weighted by molar-refractivity contribution is -0.314. The van der Waals surface area contributed by atoms with E-state index in [0.29, 0.717) is 6.61 Å². The number of hydrogen-bond donors (Lipinski definition) is 0. The highest BCUT2D eigenvalue weighted by Gasteiger charge is 2.53. The molecule has 2 heterocycles. The zero-order valence-electron chi connectivity index (χ0n) is 28.9. The van der Waals surface area contributed by atoms with E-state index in [1.165, 1.54) is 0 Å². The van der Waals surface area contributed by atoms with Gasteiger partial charge in [-0.1, -0.05) is 55.4 Å². The van der Waals surface area contributed by atoms with Gasteiger partial charge in [-0.3, -0.25) is 0 Å². The fourth-order valence-corrected chi connectivity index (χ4v) is 7.85. The lowest BCUT2D eigenvalue weighted by Gasteiger charge is -2.52. The molecular formula is C30H62O9Si2. The van der Waals surface area contributed by atoms with Gasteiger partial charge in [0.1, 0.15) is 18.3 Å². The third kappa shape index (κ3) is 8.62. The molecule has 2 rings (SSSR count). The van der Waals surface area contributed by atoms with Gasteiger partial charge in [-0.25, -0.2) is 0 Å². The normalized spacial score (nSPS) is 36.0. The Morgan fingerprint density at radius 1 is 0.561 bits per heavy atom. The summed E-state index contributed by atoms with van der Waals surface area (Å²) in [7, 11) is 2.32. The summed E-state index contributed by atoms with van der Waals surface area (Å²) in [5, 5.41) is 0.0480. The molecule has 0 saturated carbocycles. The Kier molecular flexibility index (Phi) is 13.1. The number of hydrogen-bond acceptors (Lipinski definition) is 9. The van der Waals surface area contributed by atoms with Crippen molar-refractivity contribution in [1.82, 2.24) is 0 Å². The summed E-state index contributed by atoms with van der Waals surface area (Å²) in [5.41, 5.74) is 0. The molecule has 2 aliphatic heterocycles. The second-order valence-electron chi connectivity index (χ2n) is 14.9. The fourth-order valence-electron chi connectivity index (χ4n) is 5.15. The molecule has 2 fully saturated rings. The largest absolute Gasteiger partial charge is 0.411 e. The standard InChI is InChI=1S/C30H62O9Si2/c1-19-23(32-10)25(33-11)21(17-31-9)37-28(19)35-18-22-26(39-41(15,16)30(6,7)8)24(20(2)27(34-12)36-22)38-40(13,14)29(3,4)5/h19-28H,17-18H2,1-16H3/t19?,20?,21?,22?,23-,24-,25+,26+,27-,28-/m1/s1. The molecule has 0 amide bonds. The summed E-state index contributed by atoms with van der Waals surface area (Å²) in [6.45, 7) is 27.5. The molecule has 9 nitrogen and oxygen atoms in total. The molecule has 4 unspecified atom stereocenters. The number of ether oxygens (including phenoxy) is 7. The zero-order valence-corrected chi connectivity index (χ0v) is 30.9. The summed E-state index contributed by atoms with van der Waals surface area (Å²) >= 11 is 0. The van der Waals surface area contributed by atoms with E-state index < -0.39 is 35.3 Å². The van der Waals surface area contributed by atoms with Crippen LogP contribution in [0.4, 0.5) is 0 Å². The van der Waals surface area contributed by atoms with Crippen LogP contribution in [0.3, 0.4) is 0 Å². The lowest BCUT2D eigenvalue weighted by Crippen LogP contribution is -2.64. The van der Waals surface area contributed by atoms with E-state index in [2.05, 4.69) is 81.6 Å². The molecule has 10 atom stereocenters. The smallest absolute Gasteiger partial charge is 0.192 e. The van der Waals surface area contributed by atoms with Gasteiger partial charge in [-0.2, -0.15) is 0 Å². The molecule has 2 saturated heterocycles. The Bertz CT molecular complexity index is 798. The number of rotatable bonds is 12. The molecule has 41 heavy (non-hydrogen) atoms. The van der Waals surface area contributed by atoms with Crippen LogP contribution in [0.25, 0.3) is 0 Å². The van der Waals surface area contributed by atoms with Crippen LogP contribution in [0.1, 0.15) is 55.4 Å². The Labute approximate surface area is 252 Å². The minimum atomic E-state index is -2.22. The Balaban J connectivity index is 2.44. The minimum absolute atomic E-state index is 0.0104. The van der Waals surface area contributed by atoms with Gasteiger partial charge in [0, 0.05) is 40.3 Å². The van der Waals surface area contributed by atoms with Gasteiger partial charge in [0.25, 0.3) is 0 Å². The van der Waals surface area contributed by atoms with Crippen LogP contribution in [0.15, 0.2) is 0 Å². The second-order valence-corrected chi connectivity index (χ2v) is 24.4. The van der Waals surface area contributed by atoms with Crippen LogP contribution in [0.2, 0.25) is 36.3 Å². The molecular weight excluding hydrogens is 560 g/mol. The van der Waals surface area contributed by atoms with Crippen LogP contribution in [0.5, 0.6) is 0 Å². The SMILES string of the molecule is COCC1O[C@@H](OCC2O[C@@H](OC)C(C)[C@@H](O[Si](C)(C)C(C)(C)C)[C@H]2O[Si](C)(C)C(C)(C)C)C(C)[C@@H](OC)[C@H]1OC. The predicted molar refractivity (Wildman–Crippen MR) is 166 cm³/mol. The number of methoxy groups -OCH3 is 4. The zero-order chi connectivity index (χ0) is 31.6. The van der Waals surface area contributed by atoms with Crippen molar-refractivity contribution in [1.29, 1.82) is 0 Å². The van der Waals surface area contributed by atoms with Crippen LogP contribution in [-0.2, 0) is 42.0 Å². The highest BCUT2D eigenvalue weighted by Crippen LogP contribution is 2.44. The quantitative estimate of drug-likeness (QED) is 0.250. The van der Waals surface area contributed by atoms with Crippen LogP contribution >= 0.6 is 0 Å². The van der Waals surface area contributed by atoms with E-state index in [0.717, 1.165) is 0 Å². The van der Waals surface area contributed by atoms with Crippen molar-refractivity contribution in [2.75, 3.05) is 41.7 Å². The molecule has 0 bridgehead atoms. The summed E-state index contributed by atoms with van der Waals surface area (Å²) in [6, 6.07) is 0. The van der Waals surface area contributed by atoms with Gasteiger partial charge in [-0.05, 0) is 36.3 Å². The molecule has 0 aliphatic carbocycles. The topological polar surface area (TPSA) is 83.1 Å². The van der Waals surface area contributed by atoms with E-state index in [-0.39, 0.29) is 59.0 Å². The maximum absolute atomic E-state index is 7.16. The first-order valence-corrected chi connectivity index (χ1v) is 20.9. The summed E-state index contributed by atoms with van der Waals surface area (Å²) < 4.78 is 56.7. The molecule has 11 heteroatoms. The monoisotopic (exact) mass is 622 g/mol. The average Bonchev–Trinajstić information content (AvgIpc) is 2.85. The van der Waals surface area contributed by atoms with Gasteiger partial charge in [0.05, 0.1) is 31.5 Å². The van der Waals surface area contributed by atoms with Gasteiger partial charge >= 0.3 is 0 Å². The van der Waals surface area contributed by atoms with Crippen molar-refractivity contribution in [3.63, 3.8) is 0 Å². The maximum atomic E-state index is 7.16. The average molecular weight is 623 g/mol. The van der Waals surface area contributed by atoms with E-state index >= 15 is 0 Å². The van der Waals surface area contributed by atoms with Crippen molar-refractivity contribution >= 4 is 16.6 Å².